The van der Waals surface area contributed by atoms with Gasteiger partial charge in [-0.3, -0.25) is 0 Å². The Morgan fingerprint density at radius 1 is 0.630 bits per heavy atom. The van der Waals surface area contributed by atoms with Gasteiger partial charge in [0.15, 0.2) is 0 Å². The average Bonchev–Trinajstić information content (AvgIpc) is 2.38. The highest BCUT2D eigenvalue weighted by atomic mass is 28.4. The van der Waals surface area contributed by atoms with Gasteiger partial charge in [0.2, 0.25) is 0 Å². The minimum Gasteiger partial charge on any atom is -0.377 e. The van der Waals surface area contributed by atoms with E-state index in [1.54, 1.807) is 21.3 Å². The van der Waals surface area contributed by atoms with Crippen LogP contribution in [0.3, 0.4) is 0 Å². The molecule has 0 rings (SSSR count). The van der Waals surface area contributed by atoms with E-state index in [4.69, 9.17) is 13.3 Å². The number of hydrogen-bond acceptors (Lipinski definition) is 3. The van der Waals surface area contributed by atoms with Gasteiger partial charge < -0.3 is 13.3 Å². The molecule has 0 aliphatic heterocycles. The molecule has 0 N–H and O–H groups in total. The lowest BCUT2D eigenvalue weighted by Crippen LogP contribution is -2.44. The molecule has 27 heavy (non-hydrogen) atoms. The van der Waals surface area contributed by atoms with Crippen LogP contribution in [0.2, 0.25) is 6.04 Å². The summed E-state index contributed by atoms with van der Waals surface area (Å²) in [5.74, 6) is 0.505. The molecule has 0 amide bonds. The van der Waals surface area contributed by atoms with Gasteiger partial charge in [0.25, 0.3) is 0 Å². The van der Waals surface area contributed by atoms with Crippen LogP contribution < -0.4 is 0 Å². The van der Waals surface area contributed by atoms with E-state index in [0.29, 0.717) is 22.2 Å². The Kier molecular flexibility index (Phi) is 9.77. The van der Waals surface area contributed by atoms with Crippen molar-refractivity contribution in [3.05, 3.63) is 0 Å². The second kappa shape index (κ2) is 9.73. The van der Waals surface area contributed by atoms with Gasteiger partial charge in [0.1, 0.15) is 0 Å². The van der Waals surface area contributed by atoms with Crippen molar-refractivity contribution in [3.8, 4) is 0 Å². The molecule has 0 aliphatic rings. The first-order chi connectivity index (χ1) is 11.9. The minimum atomic E-state index is -2.50. The van der Waals surface area contributed by atoms with Crippen LogP contribution in [0.4, 0.5) is 0 Å². The first-order valence-corrected chi connectivity index (χ1v) is 12.5. The Bertz CT molecular complexity index is 423. The molecule has 0 heterocycles. The van der Waals surface area contributed by atoms with E-state index >= 15 is 0 Å². The van der Waals surface area contributed by atoms with Gasteiger partial charge in [-0.15, -0.1) is 0 Å². The molecule has 0 aromatic rings. The second-order valence-corrected chi connectivity index (χ2v) is 15.4. The monoisotopic (exact) mass is 402 g/mol. The molecular weight excluding hydrogens is 352 g/mol. The Labute approximate surface area is 172 Å². The zero-order chi connectivity index (χ0) is 21.7. The topological polar surface area (TPSA) is 27.7 Å². The van der Waals surface area contributed by atoms with Crippen LogP contribution >= 0.6 is 0 Å². The summed E-state index contributed by atoms with van der Waals surface area (Å²) in [5.41, 5.74) is 1.32. The molecule has 1 unspecified atom stereocenters. The molecule has 3 nitrogen and oxygen atoms in total. The molecule has 1 atom stereocenters. The molecule has 4 heteroatoms. The van der Waals surface area contributed by atoms with Gasteiger partial charge >= 0.3 is 8.80 Å². The molecule has 0 aromatic carbocycles. The molecule has 0 bridgehead atoms. The third kappa shape index (κ3) is 11.0. The van der Waals surface area contributed by atoms with Gasteiger partial charge in [-0.2, -0.15) is 0 Å². The SMILES string of the molecule is CO[Si](CC(C)CC(C)(C)CC(C)(C)CC(C)(C)CC(C)(C)C)(OC)OC. The molecule has 164 valence electrons. The summed E-state index contributed by atoms with van der Waals surface area (Å²) >= 11 is 0. The van der Waals surface area contributed by atoms with E-state index < -0.39 is 8.80 Å². The summed E-state index contributed by atoms with van der Waals surface area (Å²) in [7, 11) is 2.61. The zero-order valence-corrected chi connectivity index (χ0v) is 21.8. The van der Waals surface area contributed by atoms with Crippen LogP contribution in [-0.2, 0) is 13.3 Å². The van der Waals surface area contributed by atoms with E-state index in [2.05, 4.69) is 69.2 Å². The maximum Gasteiger partial charge on any atom is 0.500 e. The summed E-state index contributed by atoms with van der Waals surface area (Å²) in [5, 5.41) is 0. The predicted molar refractivity (Wildman–Crippen MR) is 120 cm³/mol. The number of rotatable bonds is 12. The predicted octanol–water partition coefficient (Wildman–Crippen LogP) is 7.19. The van der Waals surface area contributed by atoms with Gasteiger partial charge in [-0.05, 0) is 53.3 Å². The molecule has 0 aromatic heterocycles. The smallest absolute Gasteiger partial charge is 0.377 e. The lowest BCUT2D eigenvalue weighted by molar-refractivity contribution is 0.0818. The zero-order valence-electron chi connectivity index (χ0n) is 20.8. The third-order valence-electron chi connectivity index (χ3n) is 5.36. The van der Waals surface area contributed by atoms with Gasteiger partial charge in [-0.1, -0.05) is 69.2 Å². The largest absolute Gasteiger partial charge is 0.500 e. The Morgan fingerprint density at radius 2 is 1.00 bits per heavy atom. The highest BCUT2D eigenvalue weighted by molar-refractivity contribution is 6.60. The van der Waals surface area contributed by atoms with Crippen LogP contribution in [0.1, 0.15) is 94.9 Å². The molecule has 0 saturated heterocycles. The molecule has 0 saturated carbocycles. The minimum absolute atomic E-state index is 0.274. The molecular formula is C23H50O3Si. The van der Waals surface area contributed by atoms with E-state index in [-0.39, 0.29) is 5.41 Å². The van der Waals surface area contributed by atoms with Crippen LogP contribution in [0.5, 0.6) is 0 Å². The fourth-order valence-corrected chi connectivity index (χ4v) is 8.16. The van der Waals surface area contributed by atoms with Crippen molar-refractivity contribution < 1.29 is 13.3 Å². The van der Waals surface area contributed by atoms with E-state index in [0.717, 1.165) is 12.5 Å². The normalized spacial score (nSPS) is 15.9. The van der Waals surface area contributed by atoms with Crippen LogP contribution in [0, 0.1) is 27.6 Å². The van der Waals surface area contributed by atoms with Gasteiger partial charge in [0.05, 0.1) is 0 Å². The fraction of sp³-hybridized carbons (Fsp3) is 1.00. The van der Waals surface area contributed by atoms with Crippen molar-refractivity contribution in [2.75, 3.05) is 21.3 Å². The number of hydrogen-bond donors (Lipinski definition) is 0. The van der Waals surface area contributed by atoms with Gasteiger partial charge in [-0.25, -0.2) is 0 Å². The maximum atomic E-state index is 5.63. The van der Waals surface area contributed by atoms with Crippen LogP contribution in [0.25, 0.3) is 0 Å². The van der Waals surface area contributed by atoms with Gasteiger partial charge in [0, 0.05) is 27.4 Å². The molecule has 0 spiro atoms. The summed E-state index contributed by atoms with van der Waals surface area (Å²) in [6, 6.07) is 0.871. The molecule has 0 fully saturated rings. The van der Waals surface area contributed by atoms with E-state index in [9.17, 15) is 0 Å². The first-order valence-electron chi connectivity index (χ1n) is 10.6. The van der Waals surface area contributed by atoms with E-state index in [1.807, 2.05) is 0 Å². The summed E-state index contributed by atoms with van der Waals surface area (Å²) in [6.07, 6.45) is 4.88. The molecule has 0 aliphatic carbocycles. The van der Waals surface area contributed by atoms with Crippen molar-refractivity contribution in [1.82, 2.24) is 0 Å². The summed E-state index contributed by atoms with van der Waals surface area (Å²) < 4.78 is 16.9. The first kappa shape index (κ1) is 27.1. The lowest BCUT2D eigenvalue weighted by Gasteiger charge is -2.43. The Morgan fingerprint density at radius 3 is 1.37 bits per heavy atom. The maximum absolute atomic E-state index is 5.63. The highest BCUT2D eigenvalue weighted by Crippen LogP contribution is 2.47. The Hall–Kier alpha value is 0.0969. The van der Waals surface area contributed by atoms with Crippen molar-refractivity contribution >= 4 is 8.80 Å². The highest BCUT2D eigenvalue weighted by Gasteiger charge is 2.41. The lowest BCUT2D eigenvalue weighted by atomic mass is 9.63. The van der Waals surface area contributed by atoms with Crippen molar-refractivity contribution in [3.63, 3.8) is 0 Å². The van der Waals surface area contributed by atoms with Crippen molar-refractivity contribution in [2.24, 2.45) is 27.6 Å². The molecule has 0 radical (unpaired) electrons. The second-order valence-electron chi connectivity index (χ2n) is 12.4. The van der Waals surface area contributed by atoms with Crippen molar-refractivity contribution in [1.29, 1.82) is 0 Å². The fourth-order valence-electron chi connectivity index (χ4n) is 6.17. The van der Waals surface area contributed by atoms with Crippen LogP contribution in [-0.4, -0.2) is 30.1 Å². The summed E-state index contributed by atoms with van der Waals surface area (Å²) in [4.78, 5) is 0. The Balaban J connectivity index is 4.97. The van der Waals surface area contributed by atoms with Crippen molar-refractivity contribution in [2.45, 2.75) is 101 Å². The third-order valence-corrected chi connectivity index (χ3v) is 8.42. The summed E-state index contributed by atoms with van der Waals surface area (Å²) in [6.45, 7) is 24.0. The standard InChI is InChI=1S/C23H50O3Si/c1-19(15-27(24-11,25-12)26-13)14-21(5,6)17-23(9,10)18-22(7,8)16-20(2,3)4/h19H,14-18H2,1-13H3. The average molecular weight is 403 g/mol. The quantitative estimate of drug-likeness (QED) is 0.323. The van der Waals surface area contributed by atoms with Crippen LogP contribution in [0.15, 0.2) is 0 Å². The van der Waals surface area contributed by atoms with E-state index in [1.165, 1.54) is 19.3 Å².